The van der Waals surface area contributed by atoms with Gasteiger partial charge in [-0.05, 0) is 12.1 Å². The Morgan fingerprint density at radius 2 is 2.33 bits per heavy atom. The van der Waals surface area contributed by atoms with Crippen molar-refractivity contribution in [1.29, 1.82) is 0 Å². The zero-order valence-electron chi connectivity index (χ0n) is 12.8. The molecule has 0 bridgehead atoms. The fourth-order valence-electron chi connectivity index (χ4n) is 2.73. The summed E-state index contributed by atoms with van der Waals surface area (Å²) in [6.45, 7) is -0.0841. The van der Waals surface area contributed by atoms with Crippen molar-refractivity contribution in [2.75, 3.05) is 11.9 Å². The van der Waals surface area contributed by atoms with Crippen molar-refractivity contribution in [1.82, 2.24) is 20.0 Å². The van der Waals surface area contributed by atoms with E-state index in [-0.39, 0.29) is 6.61 Å². The third kappa shape index (κ3) is 2.35. The average molecular weight is 329 g/mol. The second-order valence-electron chi connectivity index (χ2n) is 5.44. The number of carbonyl (C=O) groups excluding carboxylic acids is 1. The molecule has 1 atom stereocenters. The van der Waals surface area contributed by atoms with Gasteiger partial charge in [0, 0.05) is 31.7 Å². The Bertz CT molecular complexity index is 916. The molecule has 1 unspecified atom stereocenters. The molecule has 1 aliphatic heterocycles. The van der Waals surface area contributed by atoms with Crippen LogP contribution in [0.25, 0.3) is 10.9 Å². The molecule has 0 radical (unpaired) electrons. The highest BCUT2D eigenvalue weighted by Crippen LogP contribution is 2.38. The van der Waals surface area contributed by atoms with Crippen LogP contribution in [0.15, 0.2) is 24.4 Å². The number of carbonyl (C=O) groups is 1. The number of hydrogen-bond acceptors (Lipinski definition) is 6. The zero-order valence-corrected chi connectivity index (χ0v) is 12.8. The quantitative estimate of drug-likeness (QED) is 0.675. The molecule has 0 saturated heterocycles. The highest BCUT2D eigenvalue weighted by Gasteiger charge is 2.27. The van der Waals surface area contributed by atoms with Gasteiger partial charge >= 0.3 is 6.09 Å². The first-order chi connectivity index (χ1) is 11.7. The van der Waals surface area contributed by atoms with E-state index in [1.807, 2.05) is 6.07 Å². The molecule has 0 fully saturated rings. The number of fused-ring (bicyclic) bond motifs is 2. The van der Waals surface area contributed by atoms with Crippen LogP contribution in [0, 0.1) is 0 Å². The van der Waals surface area contributed by atoms with E-state index >= 15 is 0 Å². The van der Waals surface area contributed by atoms with Crippen molar-refractivity contribution >= 4 is 22.7 Å². The van der Waals surface area contributed by atoms with Crippen LogP contribution in [0.4, 0.5) is 10.5 Å². The molecule has 3 heterocycles. The van der Waals surface area contributed by atoms with Gasteiger partial charge in [-0.3, -0.25) is 10.4 Å². The van der Waals surface area contributed by atoms with Gasteiger partial charge in [0.05, 0.1) is 22.8 Å². The van der Waals surface area contributed by atoms with Crippen LogP contribution in [0.3, 0.4) is 0 Å². The van der Waals surface area contributed by atoms with Crippen LogP contribution < -0.4 is 10.1 Å². The monoisotopic (exact) mass is 329 g/mol. The zero-order chi connectivity index (χ0) is 16.7. The molecule has 1 aromatic carbocycles. The van der Waals surface area contributed by atoms with Gasteiger partial charge in [0.25, 0.3) is 0 Å². The highest BCUT2D eigenvalue weighted by atomic mass is 16.6. The normalized spacial score (nSPS) is 16.6. The first-order valence-electron chi connectivity index (χ1n) is 7.42. The second-order valence-corrected chi connectivity index (χ2v) is 5.44. The van der Waals surface area contributed by atoms with Gasteiger partial charge in [0.2, 0.25) is 11.8 Å². The van der Waals surface area contributed by atoms with Gasteiger partial charge in [-0.25, -0.2) is 9.48 Å². The van der Waals surface area contributed by atoms with Crippen LogP contribution in [-0.2, 0) is 11.8 Å². The Balaban J connectivity index is 1.78. The third-order valence-electron chi connectivity index (χ3n) is 3.90. The summed E-state index contributed by atoms with van der Waals surface area (Å²) in [5.74, 6) is 0.952. The molecule has 9 nitrogen and oxygen atoms in total. The summed E-state index contributed by atoms with van der Waals surface area (Å²) in [4.78, 5) is 11.6. The summed E-state index contributed by atoms with van der Waals surface area (Å²) < 4.78 is 12.6. The van der Waals surface area contributed by atoms with Gasteiger partial charge in [0.15, 0.2) is 0 Å². The minimum atomic E-state index is -0.536. The predicted molar refractivity (Wildman–Crippen MR) is 83.9 cm³/mol. The van der Waals surface area contributed by atoms with Crippen LogP contribution >= 0.6 is 0 Å². The lowest BCUT2D eigenvalue weighted by Crippen LogP contribution is -2.25. The van der Waals surface area contributed by atoms with Gasteiger partial charge in [-0.15, -0.1) is 5.10 Å². The maximum Gasteiger partial charge on any atom is 0.412 e. The van der Waals surface area contributed by atoms with Crippen LogP contribution in [-0.4, -0.2) is 37.8 Å². The van der Waals surface area contributed by atoms with Gasteiger partial charge in [-0.1, -0.05) is 0 Å². The summed E-state index contributed by atoms with van der Waals surface area (Å²) in [7, 11) is 1.77. The Morgan fingerprint density at radius 3 is 3.08 bits per heavy atom. The summed E-state index contributed by atoms with van der Waals surface area (Å²) >= 11 is 0. The van der Waals surface area contributed by atoms with E-state index in [0.717, 1.165) is 16.5 Å². The standard InChI is InChI=1S/C15H15N5O4/c1-20-13(2-4-16-20)24-14-9-6-8-10(7-11(9)18-19-14)17-15(22)23-12(8)3-5-21/h2,4,6-7,12,21H,3,5H2,1H3,(H,17,22)(H,18,19). The van der Waals surface area contributed by atoms with Gasteiger partial charge in [0.1, 0.15) is 6.10 Å². The maximum absolute atomic E-state index is 11.6. The highest BCUT2D eigenvalue weighted by molar-refractivity contribution is 5.95. The van der Waals surface area contributed by atoms with Crippen molar-refractivity contribution in [2.45, 2.75) is 12.5 Å². The number of benzene rings is 1. The molecule has 0 saturated carbocycles. The molecule has 1 aliphatic rings. The SMILES string of the molecule is Cn1nccc1Oc1n[nH]c2cc3c(cc12)C(CCO)OC(=O)N3. The largest absolute Gasteiger partial charge is 0.441 e. The lowest BCUT2D eigenvalue weighted by molar-refractivity contribution is 0.0873. The Kier molecular flexibility index (Phi) is 3.35. The summed E-state index contributed by atoms with van der Waals surface area (Å²) in [5.41, 5.74) is 2.12. The number of nitrogens with zero attached hydrogens (tertiary/aromatic N) is 3. The topological polar surface area (TPSA) is 114 Å². The molecular formula is C15H15N5O4. The van der Waals surface area contributed by atoms with E-state index in [0.29, 0.717) is 23.9 Å². The van der Waals surface area contributed by atoms with E-state index in [4.69, 9.17) is 9.47 Å². The number of aliphatic hydroxyl groups is 1. The third-order valence-corrected chi connectivity index (χ3v) is 3.90. The lowest BCUT2D eigenvalue weighted by atomic mass is 10.0. The molecular weight excluding hydrogens is 314 g/mol. The number of H-pyrrole nitrogens is 1. The molecule has 4 rings (SSSR count). The smallest absolute Gasteiger partial charge is 0.412 e. The molecule has 0 aliphatic carbocycles. The Labute approximate surface area is 136 Å². The molecule has 0 spiro atoms. The number of cyclic esters (lactones) is 1. The van der Waals surface area contributed by atoms with Crippen molar-refractivity contribution in [3.63, 3.8) is 0 Å². The van der Waals surface area contributed by atoms with Gasteiger partial charge < -0.3 is 14.6 Å². The number of aromatic amines is 1. The number of ether oxygens (including phenoxy) is 2. The van der Waals surface area contributed by atoms with Crippen LogP contribution in [0.2, 0.25) is 0 Å². The lowest BCUT2D eigenvalue weighted by Gasteiger charge is -2.25. The summed E-state index contributed by atoms with van der Waals surface area (Å²) in [6, 6.07) is 5.36. The predicted octanol–water partition coefficient (Wildman–Crippen LogP) is 2.07. The number of nitrogens with one attached hydrogen (secondary N) is 2. The van der Waals surface area contributed by atoms with E-state index in [1.165, 1.54) is 0 Å². The summed E-state index contributed by atoms with van der Waals surface area (Å²) in [5, 5.41) is 23.7. The first kappa shape index (κ1) is 14.5. The second kappa shape index (κ2) is 5.53. The minimum Gasteiger partial charge on any atom is -0.441 e. The number of rotatable bonds is 4. The molecule has 3 aromatic rings. The average Bonchev–Trinajstić information content (AvgIpc) is 3.13. The van der Waals surface area contributed by atoms with E-state index in [9.17, 15) is 9.90 Å². The maximum atomic E-state index is 11.6. The van der Waals surface area contributed by atoms with Crippen molar-refractivity contribution < 1.29 is 19.4 Å². The van der Waals surface area contributed by atoms with Crippen molar-refractivity contribution in [3.8, 4) is 11.8 Å². The molecule has 24 heavy (non-hydrogen) atoms. The number of hydrogen-bond donors (Lipinski definition) is 3. The first-order valence-corrected chi connectivity index (χ1v) is 7.42. The molecule has 2 aromatic heterocycles. The fourth-order valence-corrected chi connectivity index (χ4v) is 2.73. The Hall–Kier alpha value is -3.07. The van der Waals surface area contributed by atoms with E-state index in [2.05, 4.69) is 20.6 Å². The van der Waals surface area contributed by atoms with Crippen LogP contribution in [0.1, 0.15) is 18.1 Å². The molecule has 3 N–H and O–H groups in total. The minimum absolute atomic E-state index is 0.0841. The molecule has 1 amide bonds. The fraction of sp³-hybridized carbons (Fsp3) is 0.267. The van der Waals surface area contributed by atoms with Crippen LogP contribution in [0.5, 0.6) is 11.8 Å². The number of amides is 1. The van der Waals surface area contributed by atoms with Crippen molar-refractivity contribution in [2.24, 2.45) is 7.05 Å². The number of aromatic nitrogens is 4. The van der Waals surface area contributed by atoms with Crippen molar-refractivity contribution in [3.05, 3.63) is 30.0 Å². The number of aliphatic hydroxyl groups excluding tert-OH is 1. The summed E-state index contributed by atoms with van der Waals surface area (Å²) in [6.07, 6.45) is 0.905. The number of aryl methyl sites for hydroxylation is 1. The van der Waals surface area contributed by atoms with E-state index < -0.39 is 12.2 Å². The van der Waals surface area contributed by atoms with Gasteiger partial charge in [-0.2, -0.15) is 5.10 Å². The van der Waals surface area contributed by atoms with E-state index in [1.54, 1.807) is 30.1 Å². The molecule has 9 heteroatoms. The number of anilines is 1. The Morgan fingerprint density at radius 1 is 1.46 bits per heavy atom. The molecule has 124 valence electrons.